The molecule has 0 aliphatic rings. The molecule has 0 fully saturated rings. The van der Waals surface area contributed by atoms with Crippen LogP contribution in [0.2, 0.25) is 0 Å². The molecule has 1 N–H and O–H groups in total. The Morgan fingerprint density at radius 1 is 1.50 bits per heavy atom. The highest BCUT2D eigenvalue weighted by Crippen LogP contribution is 2.12. The Kier molecular flexibility index (Phi) is 7.07. The third kappa shape index (κ3) is 5.80. The van der Waals surface area contributed by atoms with Crippen LogP contribution in [0.15, 0.2) is 24.3 Å². The fraction of sp³-hybridized carbons (Fsp3) is 0.462. The van der Waals surface area contributed by atoms with Gasteiger partial charge < -0.3 is 10.1 Å². The molecule has 0 aromatic heterocycles. The van der Waals surface area contributed by atoms with Crippen molar-refractivity contribution in [2.45, 2.75) is 13.5 Å². The minimum atomic E-state index is -0.717. The molecule has 1 atom stereocenters. The fourth-order valence-electron chi connectivity index (χ4n) is 1.42. The van der Waals surface area contributed by atoms with Gasteiger partial charge in [-0.25, -0.2) is 0 Å². The van der Waals surface area contributed by atoms with Gasteiger partial charge in [0, 0.05) is 35.4 Å². The van der Waals surface area contributed by atoms with E-state index >= 15 is 0 Å². The van der Waals surface area contributed by atoms with Crippen molar-refractivity contribution >= 4 is 10.8 Å². The maximum absolute atomic E-state index is 11.2. The molecule has 0 radical (unpaired) electrons. The first-order valence-corrected chi connectivity index (χ1v) is 7.39. The Hall–Kier alpha value is -1.38. The second-order valence-electron chi connectivity index (χ2n) is 3.70. The number of nitrogens with zero attached hydrogens (tertiary/aromatic N) is 1. The van der Waals surface area contributed by atoms with Gasteiger partial charge in [0.15, 0.2) is 6.61 Å². The van der Waals surface area contributed by atoms with Gasteiger partial charge in [0.25, 0.3) is 0 Å². The molecule has 4 nitrogen and oxygen atoms in total. The SMILES string of the molecule is CCS(=O)CCNCc1cccc(OCC#N)c1. The lowest BCUT2D eigenvalue weighted by molar-refractivity contribution is 0.367. The average Bonchev–Trinajstić information content (AvgIpc) is 2.41. The highest BCUT2D eigenvalue weighted by molar-refractivity contribution is 7.84. The normalized spacial score (nSPS) is 11.8. The Labute approximate surface area is 110 Å². The van der Waals surface area contributed by atoms with Gasteiger partial charge in [0.05, 0.1) is 0 Å². The average molecular weight is 266 g/mol. The minimum Gasteiger partial charge on any atom is -0.479 e. The summed E-state index contributed by atoms with van der Waals surface area (Å²) in [5.74, 6) is 2.09. The van der Waals surface area contributed by atoms with Crippen molar-refractivity contribution < 1.29 is 8.95 Å². The summed E-state index contributed by atoms with van der Waals surface area (Å²) in [5.41, 5.74) is 1.09. The molecular weight excluding hydrogens is 248 g/mol. The molecule has 98 valence electrons. The van der Waals surface area contributed by atoms with Gasteiger partial charge in [-0.15, -0.1) is 0 Å². The summed E-state index contributed by atoms with van der Waals surface area (Å²) in [6, 6.07) is 9.55. The molecule has 0 amide bonds. The molecule has 1 aromatic carbocycles. The molecule has 18 heavy (non-hydrogen) atoms. The predicted molar refractivity (Wildman–Crippen MR) is 72.8 cm³/mol. The van der Waals surface area contributed by atoms with E-state index < -0.39 is 10.8 Å². The van der Waals surface area contributed by atoms with Gasteiger partial charge in [-0.1, -0.05) is 19.1 Å². The first kappa shape index (κ1) is 14.7. The van der Waals surface area contributed by atoms with Crippen LogP contribution in [-0.2, 0) is 17.3 Å². The third-order valence-electron chi connectivity index (χ3n) is 2.36. The number of hydrogen-bond acceptors (Lipinski definition) is 4. The third-order valence-corrected chi connectivity index (χ3v) is 3.66. The van der Waals surface area contributed by atoms with Crippen molar-refractivity contribution in [1.29, 1.82) is 5.26 Å². The second kappa shape index (κ2) is 8.67. The number of hydrogen-bond donors (Lipinski definition) is 1. The van der Waals surface area contributed by atoms with Crippen molar-refractivity contribution in [1.82, 2.24) is 5.32 Å². The lowest BCUT2D eigenvalue weighted by atomic mass is 10.2. The summed E-state index contributed by atoms with van der Waals surface area (Å²) >= 11 is 0. The standard InChI is InChI=1S/C13H18N2O2S/c1-2-18(16)9-7-15-11-12-4-3-5-13(10-12)17-8-6-14/h3-5,10,15H,2,7-9,11H2,1H3. The smallest absolute Gasteiger partial charge is 0.174 e. The topological polar surface area (TPSA) is 62.1 Å². The van der Waals surface area contributed by atoms with E-state index in [1.165, 1.54) is 0 Å². The maximum Gasteiger partial charge on any atom is 0.174 e. The number of benzene rings is 1. The first-order chi connectivity index (χ1) is 8.76. The molecular formula is C13H18N2O2S. The van der Waals surface area contributed by atoms with Crippen molar-refractivity contribution in [2.75, 3.05) is 24.7 Å². The number of rotatable bonds is 8. The minimum absolute atomic E-state index is 0.0619. The van der Waals surface area contributed by atoms with E-state index in [0.29, 0.717) is 23.8 Å². The summed E-state index contributed by atoms with van der Waals surface area (Å²) in [6.45, 7) is 3.44. The monoisotopic (exact) mass is 266 g/mol. The summed E-state index contributed by atoms with van der Waals surface area (Å²) in [7, 11) is -0.717. The molecule has 0 bridgehead atoms. The molecule has 0 spiro atoms. The molecule has 0 aliphatic heterocycles. The van der Waals surface area contributed by atoms with Crippen molar-refractivity contribution in [3.63, 3.8) is 0 Å². The first-order valence-electron chi connectivity index (χ1n) is 5.90. The van der Waals surface area contributed by atoms with Crippen LogP contribution in [0.3, 0.4) is 0 Å². The van der Waals surface area contributed by atoms with E-state index in [2.05, 4.69) is 5.32 Å². The van der Waals surface area contributed by atoms with Crippen LogP contribution in [0.5, 0.6) is 5.75 Å². The zero-order valence-electron chi connectivity index (χ0n) is 10.5. The van der Waals surface area contributed by atoms with Crippen molar-refractivity contribution in [3.8, 4) is 11.8 Å². The highest BCUT2D eigenvalue weighted by atomic mass is 32.2. The van der Waals surface area contributed by atoms with E-state index in [1.54, 1.807) is 0 Å². The van der Waals surface area contributed by atoms with Gasteiger partial charge in [-0.2, -0.15) is 5.26 Å². The highest BCUT2D eigenvalue weighted by Gasteiger charge is 1.98. The quantitative estimate of drug-likeness (QED) is 0.723. The molecule has 0 heterocycles. The van der Waals surface area contributed by atoms with Gasteiger partial charge >= 0.3 is 0 Å². The molecule has 0 aliphatic carbocycles. The number of ether oxygens (including phenoxy) is 1. The fourth-order valence-corrected chi connectivity index (χ4v) is 2.08. The van der Waals surface area contributed by atoms with Crippen LogP contribution < -0.4 is 10.1 Å². The molecule has 1 aromatic rings. The Bertz CT molecular complexity index is 429. The van der Waals surface area contributed by atoms with Gasteiger partial charge in [-0.05, 0) is 17.7 Å². The van der Waals surface area contributed by atoms with E-state index in [9.17, 15) is 4.21 Å². The molecule has 1 unspecified atom stereocenters. The van der Waals surface area contributed by atoms with Gasteiger partial charge in [0.1, 0.15) is 11.8 Å². The largest absolute Gasteiger partial charge is 0.479 e. The van der Waals surface area contributed by atoms with Crippen LogP contribution in [0.25, 0.3) is 0 Å². The lowest BCUT2D eigenvalue weighted by Gasteiger charge is -2.06. The van der Waals surface area contributed by atoms with Crippen molar-refractivity contribution in [2.24, 2.45) is 0 Å². The molecule has 0 saturated heterocycles. The lowest BCUT2D eigenvalue weighted by Crippen LogP contribution is -2.20. The zero-order chi connectivity index (χ0) is 13.2. The number of nitriles is 1. The summed E-state index contributed by atoms with van der Waals surface area (Å²) in [5, 5.41) is 11.7. The Morgan fingerprint density at radius 3 is 3.06 bits per heavy atom. The summed E-state index contributed by atoms with van der Waals surface area (Å²) in [4.78, 5) is 0. The van der Waals surface area contributed by atoms with E-state index in [0.717, 1.165) is 12.1 Å². The predicted octanol–water partition coefficient (Wildman–Crippen LogP) is 1.45. The second-order valence-corrected chi connectivity index (χ2v) is 5.57. The van der Waals surface area contributed by atoms with Gasteiger partial charge in [-0.3, -0.25) is 4.21 Å². The van der Waals surface area contributed by atoms with Crippen LogP contribution >= 0.6 is 0 Å². The number of nitrogens with one attached hydrogen (secondary N) is 1. The summed E-state index contributed by atoms with van der Waals surface area (Å²) in [6.07, 6.45) is 0. The van der Waals surface area contributed by atoms with Crippen LogP contribution in [0, 0.1) is 11.3 Å². The Balaban J connectivity index is 2.33. The van der Waals surface area contributed by atoms with E-state index in [1.807, 2.05) is 37.3 Å². The van der Waals surface area contributed by atoms with Crippen LogP contribution in [-0.4, -0.2) is 28.9 Å². The maximum atomic E-state index is 11.2. The van der Waals surface area contributed by atoms with Crippen molar-refractivity contribution in [3.05, 3.63) is 29.8 Å². The summed E-state index contributed by atoms with van der Waals surface area (Å²) < 4.78 is 16.4. The van der Waals surface area contributed by atoms with Crippen LogP contribution in [0.1, 0.15) is 12.5 Å². The molecule has 0 saturated carbocycles. The van der Waals surface area contributed by atoms with Gasteiger partial charge in [0.2, 0.25) is 0 Å². The molecule has 1 rings (SSSR count). The van der Waals surface area contributed by atoms with E-state index in [-0.39, 0.29) is 6.61 Å². The van der Waals surface area contributed by atoms with E-state index in [4.69, 9.17) is 10.00 Å². The Morgan fingerprint density at radius 2 is 2.33 bits per heavy atom. The van der Waals surface area contributed by atoms with Crippen LogP contribution in [0.4, 0.5) is 0 Å². The molecule has 5 heteroatoms. The zero-order valence-corrected chi connectivity index (χ0v) is 11.3.